The summed E-state index contributed by atoms with van der Waals surface area (Å²) in [5.41, 5.74) is 0.293. The fraction of sp³-hybridized carbons (Fsp3) is 0.364. The van der Waals surface area contributed by atoms with E-state index in [1.807, 2.05) is 0 Å². The molecule has 94 valence electrons. The number of hydrogen-bond donors (Lipinski definition) is 3. The Labute approximate surface area is 104 Å². The molecule has 17 heavy (non-hydrogen) atoms. The summed E-state index contributed by atoms with van der Waals surface area (Å²) in [5, 5.41) is 11.8. The molecule has 0 aromatic heterocycles. The normalized spacial score (nSPS) is 12.2. The maximum Gasteiger partial charge on any atom is 0.251 e. The van der Waals surface area contributed by atoms with Crippen molar-refractivity contribution in [3.63, 3.8) is 0 Å². The number of benzene rings is 1. The van der Waals surface area contributed by atoms with Gasteiger partial charge in [0.05, 0.1) is 12.7 Å². The Morgan fingerprint density at radius 2 is 2.35 bits per heavy atom. The highest BCUT2D eigenvalue weighted by Crippen LogP contribution is 2.13. The number of amides is 1. The summed E-state index contributed by atoms with van der Waals surface area (Å²) in [6.07, 6.45) is -0.764. The first-order valence-corrected chi connectivity index (χ1v) is 5.43. The SMILES string of the molecule is COCC(O)CNC(=O)c1ccc(F)c(S)c1. The molecule has 1 aromatic carbocycles. The van der Waals surface area contributed by atoms with Gasteiger partial charge in [-0.2, -0.15) is 0 Å². The molecule has 6 heteroatoms. The lowest BCUT2D eigenvalue weighted by Gasteiger charge is -2.11. The highest BCUT2D eigenvalue weighted by atomic mass is 32.1. The number of aliphatic hydroxyl groups excluding tert-OH is 1. The molecular formula is C11H14FNO3S. The first-order valence-electron chi connectivity index (χ1n) is 4.98. The van der Waals surface area contributed by atoms with E-state index in [0.717, 1.165) is 0 Å². The molecule has 1 amide bonds. The summed E-state index contributed by atoms with van der Waals surface area (Å²) in [6, 6.07) is 3.85. The number of carbonyl (C=O) groups excluding carboxylic acids is 1. The largest absolute Gasteiger partial charge is 0.389 e. The number of hydrogen-bond acceptors (Lipinski definition) is 4. The highest BCUT2D eigenvalue weighted by molar-refractivity contribution is 7.80. The molecule has 0 bridgehead atoms. The van der Waals surface area contributed by atoms with Gasteiger partial charge in [0.1, 0.15) is 5.82 Å². The lowest BCUT2D eigenvalue weighted by Crippen LogP contribution is -2.34. The van der Waals surface area contributed by atoms with Crippen molar-refractivity contribution in [2.45, 2.75) is 11.0 Å². The minimum atomic E-state index is -0.764. The summed E-state index contributed by atoms with van der Waals surface area (Å²) >= 11 is 3.88. The Hall–Kier alpha value is -1.11. The van der Waals surface area contributed by atoms with Crippen LogP contribution in [0.3, 0.4) is 0 Å². The zero-order valence-electron chi connectivity index (χ0n) is 9.31. The topological polar surface area (TPSA) is 58.6 Å². The van der Waals surface area contributed by atoms with Crippen LogP contribution in [0.4, 0.5) is 4.39 Å². The Morgan fingerprint density at radius 3 is 2.94 bits per heavy atom. The van der Waals surface area contributed by atoms with E-state index in [0.29, 0.717) is 5.56 Å². The van der Waals surface area contributed by atoms with Crippen LogP contribution in [-0.4, -0.2) is 37.4 Å². The van der Waals surface area contributed by atoms with Crippen LogP contribution in [0.15, 0.2) is 23.1 Å². The van der Waals surface area contributed by atoms with Gasteiger partial charge in [0, 0.05) is 24.1 Å². The molecule has 0 aliphatic rings. The van der Waals surface area contributed by atoms with Gasteiger partial charge < -0.3 is 15.2 Å². The van der Waals surface area contributed by atoms with Gasteiger partial charge in [-0.15, -0.1) is 12.6 Å². The first kappa shape index (κ1) is 14.0. The molecule has 1 aromatic rings. The second kappa shape index (κ2) is 6.58. The molecule has 1 rings (SSSR count). The molecule has 2 N–H and O–H groups in total. The van der Waals surface area contributed by atoms with Crippen LogP contribution in [0.2, 0.25) is 0 Å². The van der Waals surface area contributed by atoms with Gasteiger partial charge in [-0.25, -0.2) is 4.39 Å². The van der Waals surface area contributed by atoms with E-state index in [4.69, 9.17) is 4.74 Å². The lowest BCUT2D eigenvalue weighted by atomic mass is 10.2. The van der Waals surface area contributed by atoms with E-state index >= 15 is 0 Å². The Balaban J connectivity index is 2.55. The number of halogens is 1. The third-order valence-corrected chi connectivity index (χ3v) is 2.41. The predicted octanol–water partition coefficient (Wildman–Crippen LogP) is 0.851. The monoisotopic (exact) mass is 259 g/mol. The second-order valence-corrected chi connectivity index (χ2v) is 3.97. The van der Waals surface area contributed by atoms with E-state index in [9.17, 15) is 14.3 Å². The molecule has 1 atom stereocenters. The highest BCUT2D eigenvalue weighted by Gasteiger charge is 2.10. The molecule has 4 nitrogen and oxygen atoms in total. The number of thiol groups is 1. The van der Waals surface area contributed by atoms with Crippen molar-refractivity contribution in [1.29, 1.82) is 0 Å². The van der Waals surface area contributed by atoms with Crippen molar-refractivity contribution >= 4 is 18.5 Å². The first-order chi connectivity index (χ1) is 8.04. The number of carbonyl (C=O) groups is 1. The molecule has 0 spiro atoms. The lowest BCUT2D eigenvalue weighted by molar-refractivity contribution is 0.0609. The average molecular weight is 259 g/mol. The molecule has 0 aliphatic heterocycles. The van der Waals surface area contributed by atoms with Crippen molar-refractivity contribution in [3.05, 3.63) is 29.6 Å². The third kappa shape index (κ3) is 4.33. The van der Waals surface area contributed by atoms with Crippen LogP contribution in [0.5, 0.6) is 0 Å². The van der Waals surface area contributed by atoms with Gasteiger partial charge in [0.2, 0.25) is 0 Å². The molecule has 0 aliphatic carbocycles. The quantitative estimate of drug-likeness (QED) is 0.687. The third-order valence-electron chi connectivity index (χ3n) is 2.07. The molecule has 1 unspecified atom stereocenters. The van der Waals surface area contributed by atoms with Crippen molar-refractivity contribution in [2.75, 3.05) is 20.3 Å². The second-order valence-electron chi connectivity index (χ2n) is 3.49. The van der Waals surface area contributed by atoms with Gasteiger partial charge >= 0.3 is 0 Å². The van der Waals surface area contributed by atoms with Crippen LogP contribution in [-0.2, 0) is 4.74 Å². The molecule has 0 fully saturated rings. The van der Waals surface area contributed by atoms with Gasteiger partial charge in [-0.05, 0) is 18.2 Å². The average Bonchev–Trinajstić information content (AvgIpc) is 2.30. The number of ether oxygens (including phenoxy) is 1. The van der Waals surface area contributed by atoms with E-state index < -0.39 is 17.8 Å². The fourth-order valence-corrected chi connectivity index (χ4v) is 1.43. The molecule has 0 radical (unpaired) electrons. The zero-order chi connectivity index (χ0) is 12.8. The summed E-state index contributed by atoms with van der Waals surface area (Å²) in [4.78, 5) is 11.7. The van der Waals surface area contributed by atoms with E-state index in [1.54, 1.807) is 0 Å². The van der Waals surface area contributed by atoms with Gasteiger partial charge in [-0.1, -0.05) is 0 Å². The van der Waals surface area contributed by atoms with Crippen molar-refractivity contribution in [3.8, 4) is 0 Å². The van der Waals surface area contributed by atoms with E-state index in [-0.39, 0.29) is 18.0 Å². The minimum Gasteiger partial charge on any atom is -0.389 e. The summed E-state index contributed by atoms with van der Waals surface area (Å²) in [7, 11) is 1.46. The Bertz CT molecular complexity index is 400. The minimum absolute atomic E-state index is 0.0754. The summed E-state index contributed by atoms with van der Waals surface area (Å²) in [6.45, 7) is 0.216. The molecule has 0 heterocycles. The number of aliphatic hydroxyl groups is 1. The van der Waals surface area contributed by atoms with Crippen LogP contribution >= 0.6 is 12.6 Å². The van der Waals surface area contributed by atoms with Crippen molar-refractivity contribution < 1.29 is 19.0 Å². The Kier molecular flexibility index (Phi) is 5.40. The van der Waals surface area contributed by atoms with Crippen LogP contribution in [0, 0.1) is 5.82 Å². The zero-order valence-corrected chi connectivity index (χ0v) is 10.2. The van der Waals surface area contributed by atoms with Crippen LogP contribution in [0.25, 0.3) is 0 Å². The smallest absolute Gasteiger partial charge is 0.251 e. The maximum atomic E-state index is 12.9. The summed E-state index contributed by atoms with van der Waals surface area (Å²) in [5.74, 6) is -0.875. The molecule has 0 saturated carbocycles. The standard InChI is InChI=1S/C11H14FNO3S/c1-16-6-8(14)5-13-11(15)7-2-3-9(12)10(17)4-7/h2-4,8,14,17H,5-6H2,1H3,(H,13,15). The fourth-order valence-electron chi connectivity index (χ4n) is 1.22. The maximum absolute atomic E-state index is 12.9. The predicted molar refractivity (Wildman–Crippen MR) is 63.9 cm³/mol. The number of methoxy groups -OCH3 is 1. The number of nitrogens with one attached hydrogen (secondary N) is 1. The van der Waals surface area contributed by atoms with Crippen molar-refractivity contribution in [1.82, 2.24) is 5.32 Å². The van der Waals surface area contributed by atoms with Crippen molar-refractivity contribution in [2.24, 2.45) is 0 Å². The summed E-state index contributed by atoms with van der Waals surface area (Å²) < 4.78 is 17.6. The van der Waals surface area contributed by atoms with Gasteiger partial charge in [-0.3, -0.25) is 4.79 Å². The van der Waals surface area contributed by atoms with Crippen LogP contribution in [0.1, 0.15) is 10.4 Å². The van der Waals surface area contributed by atoms with Gasteiger partial charge in [0.15, 0.2) is 0 Å². The van der Waals surface area contributed by atoms with Gasteiger partial charge in [0.25, 0.3) is 5.91 Å². The molecular weight excluding hydrogens is 245 g/mol. The van der Waals surface area contributed by atoms with E-state index in [1.165, 1.54) is 25.3 Å². The van der Waals surface area contributed by atoms with E-state index in [2.05, 4.69) is 17.9 Å². The van der Waals surface area contributed by atoms with Crippen LogP contribution < -0.4 is 5.32 Å². The Morgan fingerprint density at radius 1 is 1.65 bits per heavy atom. The molecule has 0 saturated heterocycles. The number of rotatable bonds is 5.